The summed E-state index contributed by atoms with van der Waals surface area (Å²) in [4.78, 5) is 12.9. The van der Waals surface area contributed by atoms with E-state index in [2.05, 4.69) is 4.98 Å². The first kappa shape index (κ1) is 9.37. The predicted molar refractivity (Wildman–Crippen MR) is 42.0 cm³/mol. The maximum atomic E-state index is 12.9. The maximum Gasteiger partial charge on any atom is 0.290 e. The summed E-state index contributed by atoms with van der Waals surface area (Å²) >= 11 is 0. The number of hydrogen-bond donors (Lipinski definition) is 0. The van der Waals surface area contributed by atoms with Crippen LogP contribution < -0.4 is 4.74 Å². The second-order valence-corrected chi connectivity index (χ2v) is 2.17. The molecular weight excluding hydrogens is 179 g/mol. The van der Waals surface area contributed by atoms with Gasteiger partial charge < -0.3 is 4.74 Å². The molecule has 6 heteroatoms. The molecule has 13 heavy (non-hydrogen) atoms. The molecule has 1 heterocycles. The third-order valence-electron chi connectivity index (χ3n) is 1.28. The number of rotatable bonds is 3. The molecule has 5 nitrogen and oxygen atoms in total. The molecule has 0 fully saturated rings. The minimum Gasteiger partial charge on any atom is -0.476 e. The average molecular weight is 186 g/mol. The van der Waals surface area contributed by atoms with Crippen molar-refractivity contribution < 1.29 is 14.1 Å². The highest BCUT2D eigenvalue weighted by molar-refractivity contribution is 5.30. The number of aromatic nitrogens is 1. The molecular formula is C7H7FN2O3. The van der Waals surface area contributed by atoms with Crippen LogP contribution in [0, 0.1) is 15.9 Å². The number of ether oxygens (including phenoxy) is 1. The fourth-order valence-corrected chi connectivity index (χ4v) is 0.758. The average Bonchev–Trinajstić information content (AvgIpc) is 2.08. The van der Waals surface area contributed by atoms with Gasteiger partial charge in [0.05, 0.1) is 17.6 Å². The van der Waals surface area contributed by atoms with Crippen molar-refractivity contribution in [3.63, 3.8) is 0 Å². The molecule has 0 saturated carbocycles. The van der Waals surface area contributed by atoms with E-state index < -0.39 is 10.7 Å². The van der Waals surface area contributed by atoms with Gasteiger partial charge in [0, 0.05) is 0 Å². The van der Waals surface area contributed by atoms with E-state index in [0.717, 1.165) is 12.3 Å². The van der Waals surface area contributed by atoms with Crippen LogP contribution in [-0.2, 0) is 0 Å². The molecule has 0 aliphatic rings. The summed E-state index contributed by atoms with van der Waals surface area (Å²) in [5.41, 5.74) is -0.388. The molecule has 0 spiro atoms. The summed E-state index contributed by atoms with van der Waals surface area (Å²) < 4.78 is 17.7. The van der Waals surface area contributed by atoms with Crippen molar-refractivity contribution in [1.29, 1.82) is 0 Å². The summed E-state index contributed by atoms with van der Waals surface area (Å²) in [5, 5.41) is 10.2. The topological polar surface area (TPSA) is 65.3 Å². The van der Waals surface area contributed by atoms with Gasteiger partial charge in [-0.1, -0.05) is 0 Å². The zero-order chi connectivity index (χ0) is 9.84. The zero-order valence-corrected chi connectivity index (χ0v) is 6.86. The SMILES string of the molecule is CCOc1ncc([N+](=O)[O-])cc1F. The van der Waals surface area contributed by atoms with Gasteiger partial charge in [-0.15, -0.1) is 0 Å². The Kier molecular flexibility index (Phi) is 2.73. The van der Waals surface area contributed by atoms with E-state index in [1.54, 1.807) is 6.92 Å². The van der Waals surface area contributed by atoms with Gasteiger partial charge in [-0.3, -0.25) is 10.1 Å². The highest BCUT2D eigenvalue weighted by Gasteiger charge is 2.12. The van der Waals surface area contributed by atoms with Crippen molar-refractivity contribution in [3.8, 4) is 5.88 Å². The summed E-state index contributed by atoms with van der Waals surface area (Å²) in [6.45, 7) is 1.93. The molecule has 0 aliphatic heterocycles. The normalized spacial score (nSPS) is 9.69. The van der Waals surface area contributed by atoms with E-state index >= 15 is 0 Å². The fraction of sp³-hybridized carbons (Fsp3) is 0.286. The van der Waals surface area contributed by atoms with Crippen molar-refractivity contribution in [2.45, 2.75) is 6.92 Å². The minimum atomic E-state index is -0.823. The molecule has 0 saturated heterocycles. The van der Waals surface area contributed by atoms with Gasteiger partial charge in [0.1, 0.15) is 6.20 Å². The summed E-state index contributed by atoms with van der Waals surface area (Å²) in [6.07, 6.45) is 0.952. The third kappa shape index (κ3) is 2.11. The summed E-state index contributed by atoms with van der Waals surface area (Å²) in [7, 11) is 0. The van der Waals surface area contributed by atoms with Crippen LogP contribution in [0.25, 0.3) is 0 Å². The van der Waals surface area contributed by atoms with Gasteiger partial charge in [0.2, 0.25) is 0 Å². The van der Waals surface area contributed by atoms with Crippen LogP contribution in [0.2, 0.25) is 0 Å². The Morgan fingerprint density at radius 3 is 2.92 bits per heavy atom. The van der Waals surface area contributed by atoms with Crippen LogP contribution in [0.4, 0.5) is 10.1 Å². The lowest BCUT2D eigenvalue weighted by molar-refractivity contribution is -0.385. The summed E-state index contributed by atoms with van der Waals surface area (Å²) in [5.74, 6) is -1.04. The molecule has 1 aromatic rings. The van der Waals surface area contributed by atoms with Crippen LogP contribution in [0.15, 0.2) is 12.3 Å². The molecule has 0 radical (unpaired) electrons. The van der Waals surface area contributed by atoms with E-state index in [-0.39, 0.29) is 18.2 Å². The fourth-order valence-electron chi connectivity index (χ4n) is 0.758. The van der Waals surface area contributed by atoms with Crippen molar-refractivity contribution in [3.05, 3.63) is 28.2 Å². The lowest BCUT2D eigenvalue weighted by atomic mass is 10.4. The zero-order valence-electron chi connectivity index (χ0n) is 6.86. The Balaban J connectivity index is 2.98. The number of pyridine rings is 1. The molecule has 0 unspecified atom stereocenters. The number of nitro groups is 1. The molecule has 0 amide bonds. The Labute approximate surface area is 73.3 Å². The first-order chi connectivity index (χ1) is 6.15. The van der Waals surface area contributed by atoms with Crippen LogP contribution in [-0.4, -0.2) is 16.5 Å². The van der Waals surface area contributed by atoms with Crippen molar-refractivity contribution in [1.82, 2.24) is 4.98 Å². The molecule has 70 valence electrons. The Hall–Kier alpha value is -1.72. The maximum absolute atomic E-state index is 12.9. The standard InChI is InChI=1S/C7H7FN2O3/c1-2-13-7-6(8)3-5(4-9-7)10(11)12/h3-4H,2H2,1H3. The number of hydrogen-bond acceptors (Lipinski definition) is 4. The second-order valence-electron chi connectivity index (χ2n) is 2.17. The Morgan fingerprint density at radius 1 is 1.77 bits per heavy atom. The van der Waals surface area contributed by atoms with Crippen molar-refractivity contribution in [2.24, 2.45) is 0 Å². The van der Waals surface area contributed by atoms with Crippen molar-refractivity contribution in [2.75, 3.05) is 6.61 Å². The van der Waals surface area contributed by atoms with Crippen LogP contribution in [0.1, 0.15) is 6.92 Å². The summed E-state index contributed by atoms with van der Waals surface area (Å²) in [6, 6.07) is 0.776. The van der Waals surface area contributed by atoms with Crippen molar-refractivity contribution >= 4 is 5.69 Å². The van der Waals surface area contributed by atoms with E-state index in [9.17, 15) is 14.5 Å². The third-order valence-corrected chi connectivity index (χ3v) is 1.28. The highest BCUT2D eigenvalue weighted by atomic mass is 19.1. The molecule has 0 N–H and O–H groups in total. The van der Waals surface area contributed by atoms with Gasteiger partial charge in [-0.05, 0) is 6.92 Å². The first-order valence-corrected chi connectivity index (χ1v) is 3.58. The monoisotopic (exact) mass is 186 g/mol. The van der Waals surface area contributed by atoms with Crippen LogP contribution in [0.5, 0.6) is 5.88 Å². The minimum absolute atomic E-state index is 0.215. The predicted octanol–water partition coefficient (Wildman–Crippen LogP) is 1.53. The van der Waals surface area contributed by atoms with E-state index in [0.29, 0.717) is 0 Å². The number of nitrogens with zero attached hydrogens (tertiary/aromatic N) is 2. The number of halogens is 1. The van der Waals surface area contributed by atoms with E-state index in [1.165, 1.54) is 0 Å². The quantitative estimate of drug-likeness (QED) is 0.530. The van der Waals surface area contributed by atoms with Gasteiger partial charge in [-0.25, -0.2) is 9.37 Å². The molecule has 0 aliphatic carbocycles. The smallest absolute Gasteiger partial charge is 0.290 e. The lowest BCUT2D eigenvalue weighted by Gasteiger charge is -2.01. The van der Waals surface area contributed by atoms with Gasteiger partial charge >= 0.3 is 0 Å². The Morgan fingerprint density at radius 2 is 2.46 bits per heavy atom. The molecule has 0 bridgehead atoms. The highest BCUT2D eigenvalue weighted by Crippen LogP contribution is 2.18. The second kappa shape index (κ2) is 3.79. The molecule has 1 rings (SSSR count). The van der Waals surface area contributed by atoms with Gasteiger partial charge in [-0.2, -0.15) is 0 Å². The molecule has 0 atom stereocenters. The van der Waals surface area contributed by atoms with E-state index in [1.807, 2.05) is 0 Å². The molecule has 0 aromatic carbocycles. The van der Waals surface area contributed by atoms with Gasteiger partial charge in [0.25, 0.3) is 11.6 Å². The van der Waals surface area contributed by atoms with Gasteiger partial charge in [0.15, 0.2) is 5.82 Å². The van der Waals surface area contributed by atoms with E-state index in [4.69, 9.17) is 4.74 Å². The Bertz CT molecular complexity index is 330. The van der Waals surface area contributed by atoms with Crippen LogP contribution >= 0.6 is 0 Å². The lowest BCUT2D eigenvalue weighted by Crippen LogP contribution is -1.98. The first-order valence-electron chi connectivity index (χ1n) is 3.58. The van der Waals surface area contributed by atoms with Crippen LogP contribution in [0.3, 0.4) is 0 Å². The largest absolute Gasteiger partial charge is 0.476 e. The molecule has 1 aromatic heterocycles.